The first kappa shape index (κ1) is 28.0. The van der Waals surface area contributed by atoms with E-state index in [1.165, 1.54) is 4.31 Å². The third-order valence-corrected chi connectivity index (χ3v) is 11.1. The molecule has 2 saturated heterocycles. The quantitative estimate of drug-likeness (QED) is 0.486. The van der Waals surface area contributed by atoms with Gasteiger partial charge in [-0.25, -0.2) is 13.4 Å². The number of aromatic nitrogens is 3. The fourth-order valence-corrected chi connectivity index (χ4v) is 8.91. The van der Waals surface area contributed by atoms with Gasteiger partial charge >= 0.3 is 0 Å². The van der Waals surface area contributed by atoms with Gasteiger partial charge in [0.25, 0.3) is 0 Å². The molecule has 2 amide bonds. The van der Waals surface area contributed by atoms with Crippen molar-refractivity contribution < 1.29 is 18.0 Å². The SMILES string of the molecule is O=C1NCCCCCCN(S(=O)(=O)c2cccc3nsnc23)[C@H]2C[C@H](C(=O)N3CCN(c4ccccn4)CC3)C[C@@H]12. The summed E-state index contributed by atoms with van der Waals surface area (Å²) in [6, 6.07) is 10.2. The van der Waals surface area contributed by atoms with Gasteiger partial charge in [0.05, 0.1) is 17.6 Å². The number of pyridine rings is 1. The molecule has 0 bridgehead atoms. The normalized spacial score (nSPS) is 25.0. The van der Waals surface area contributed by atoms with Crippen molar-refractivity contribution in [3.63, 3.8) is 0 Å². The summed E-state index contributed by atoms with van der Waals surface area (Å²) in [5.41, 5.74) is 0.886. The molecular weight excluding hydrogens is 562 g/mol. The Hall–Kier alpha value is -3.16. The molecule has 0 spiro atoms. The summed E-state index contributed by atoms with van der Waals surface area (Å²) in [7, 11) is -4.01. The summed E-state index contributed by atoms with van der Waals surface area (Å²) in [6.45, 7) is 3.34. The van der Waals surface area contributed by atoms with E-state index >= 15 is 0 Å². The van der Waals surface area contributed by atoms with E-state index in [1.54, 1.807) is 24.4 Å². The van der Waals surface area contributed by atoms with E-state index in [1.807, 2.05) is 23.1 Å². The lowest BCUT2D eigenvalue weighted by atomic mass is 10.0. The van der Waals surface area contributed by atoms with Crippen LogP contribution >= 0.6 is 11.7 Å². The molecule has 41 heavy (non-hydrogen) atoms. The van der Waals surface area contributed by atoms with E-state index in [2.05, 4.69) is 23.9 Å². The monoisotopic (exact) mass is 597 g/mol. The fourth-order valence-electron chi connectivity index (χ4n) is 6.44. The molecule has 0 radical (unpaired) electrons. The first-order valence-corrected chi connectivity index (χ1v) is 16.6. The van der Waals surface area contributed by atoms with Crippen molar-refractivity contribution in [3.8, 4) is 0 Å². The highest BCUT2D eigenvalue weighted by atomic mass is 32.2. The zero-order chi connectivity index (χ0) is 28.4. The largest absolute Gasteiger partial charge is 0.356 e. The van der Waals surface area contributed by atoms with Crippen molar-refractivity contribution in [2.24, 2.45) is 11.8 Å². The Labute approximate surface area is 244 Å². The molecular formula is C28H35N7O4S2. The van der Waals surface area contributed by atoms with Crippen LogP contribution < -0.4 is 10.2 Å². The van der Waals surface area contributed by atoms with Crippen LogP contribution in [0.4, 0.5) is 5.82 Å². The number of benzene rings is 1. The molecule has 13 heteroatoms. The maximum Gasteiger partial charge on any atom is 0.245 e. The van der Waals surface area contributed by atoms with Crippen molar-refractivity contribution in [1.29, 1.82) is 0 Å². The van der Waals surface area contributed by atoms with Crippen LogP contribution in [-0.4, -0.2) is 88.5 Å². The smallest absolute Gasteiger partial charge is 0.245 e. The number of rotatable bonds is 4. The molecule has 1 saturated carbocycles. The average molecular weight is 598 g/mol. The lowest BCUT2D eigenvalue weighted by Crippen LogP contribution is -2.50. The van der Waals surface area contributed by atoms with Gasteiger partial charge in [0, 0.05) is 57.4 Å². The standard InChI is InChI=1S/C28H35N7O4S2/c36-27-21-18-20(28(37)34-16-14-33(15-17-34)25-10-3-5-11-29-25)19-23(21)35(13-6-2-1-4-12-30-27)41(38,39)24-9-7-8-22-26(24)32-40-31-22/h3,5,7-11,20-21,23H,1-2,4,6,12-19H2,(H,30,36)/t20-,21-,23+/m1/s1. The summed E-state index contributed by atoms with van der Waals surface area (Å²) in [5.74, 6) is -0.291. The Kier molecular flexibility index (Phi) is 8.18. The molecule has 3 aromatic rings. The molecule has 3 atom stereocenters. The molecule has 3 fully saturated rings. The number of nitrogens with one attached hydrogen (secondary N) is 1. The van der Waals surface area contributed by atoms with Gasteiger partial charge in [-0.2, -0.15) is 13.1 Å². The van der Waals surface area contributed by atoms with Crippen molar-refractivity contribution in [2.45, 2.75) is 49.5 Å². The average Bonchev–Trinajstić information content (AvgIpc) is 3.65. The van der Waals surface area contributed by atoms with E-state index in [-0.39, 0.29) is 16.7 Å². The number of anilines is 1. The van der Waals surface area contributed by atoms with Crippen LogP contribution in [0.5, 0.6) is 0 Å². The summed E-state index contributed by atoms with van der Waals surface area (Å²) in [4.78, 5) is 35.8. The second kappa shape index (κ2) is 12.0. The summed E-state index contributed by atoms with van der Waals surface area (Å²) < 4.78 is 38.6. The minimum absolute atomic E-state index is 0.00113. The van der Waals surface area contributed by atoms with Crippen molar-refractivity contribution in [3.05, 3.63) is 42.6 Å². The molecule has 2 aliphatic heterocycles. The van der Waals surface area contributed by atoms with Crippen LogP contribution in [0.15, 0.2) is 47.5 Å². The van der Waals surface area contributed by atoms with Crippen LogP contribution in [0.1, 0.15) is 38.5 Å². The number of fused-ring (bicyclic) bond motifs is 2. The van der Waals surface area contributed by atoms with Gasteiger partial charge in [-0.15, -0.1) is 0 Å². The summed E-state index contributed by atoms with van der Waals surface area (Å²) >= 11 is 0.980. The van der Waals surface area contributed by atoms with Crippen LogP contribution in [0, 0.1) is 11.8 Å². The van der Waals surface area contributed by atoms with Gasteiger partial charge in [-0.1, -0.05) is 25.0 Å². The third kappa shape index (κ3) is 5.67. The lowest BCUT2D eigenvalue weighted by molar-refractivity contribution is -0.135. The second-order valence-corrected chi connectivity index (χ2v) is 13.4. The van der Waals surface area contributed by atoms with Gasteiger partial charge < -0.3 is 15.1 Å². The van der Waals surface area contributed by atoms with Crippen LogP contribution in [-0.2, 0) is 19.6 Å². The Morgan fingerprint density at radius 1 is 0.927 bits per heavy atom. The zero-order valence-electron chi connectivity index (χ0n) is 22.9. The minimum Gasteiger partial charge on any atom is -0.356 e. The highest BCUT2D eigenvalue weighted by Crippen LogP contribution is 2.40. The Balaban J connectivity index is 1.26. The van der Waals surface area contributed by atoms with E-state index < -0.39 is 27.9 Å². The molecule has 1 N–H and O–H groups in total. The zero-order valence-corrected chi connectivity index (χ0v) is 24.5. The number of amides is 2. The predicted molar refractivity (Wildman–Crippen MR) is 156 cm³/mol. The number of sulfonamides is 1. The van der Waals surface area contributed by atoms with E-state index in [0.29, 0.717) is 69.6 Å². The van der Waals surface area contributed by atoms with Gasteiger partial charge in [-0.05, 0) is 49.9 Å². The Morgan fingerprint density at radius 3 is 2.56 bits per heavy atom. The Morgan fingerprint density at radius 2 is 1.76 bits per heavy atom. The Bertz CT molecular complexity index is 1490. The highest BCUT2D eigenvalue weighted by molar-refractivity contribution is 7.89. The van der Waals surface area contributed by atoms with Crippen LogP contribution in [0.25, 0.3) is 11.0 Å². The van der Waals surface area contributed by atoms with E-state index in [9.17, 15) is 18.0 Å². The van der Waals surface area contributed by atoms with Gasteiger partial charge in [0.2, 0.25) is 21.8 Å². The van der Waals surface area contributed by atoms with Crippen LogP contribution in [0.2, 0.25) is 0 Å². The molecule has 4 heterocycles. The lowest BCUT2D eigenvalue weighted by Gasteiger charge is -2.36. The number of nitrogens with zero attached hydrogens (tertiary/aromatic N) is 6. The highest BCUT2D eigenvalue weighted by Gasteiger charge is 2.49. The molecule has 6 rings (SSSR count). The predicted octanol–water partition coefficient (Wildman–Crippen LogP) is 2.51. The number of carbonyl (C=O) groups is 2. The first-order chi connectivity index (χ1) is 19.9. The van der Waals surface area contributed by atoms with Crippen molar-refractivity contribution in [1.82, 2.24) is 28.3 Å². The number of hydrogen-bond donors (Lipinski definition) is 1. The van der Waals surface area contributed by atoms with Gasteiger partial charge in [0.1, 0.15) is 21.7 Å². The van der Waals surface area contributed by atoms with Gasteiger partial charge in [-0.3, -0.25) is 9.59 Å². The number of carbonyl (C=O) groups excluding carboxylic acids is 2. The van der Waals surface area contributed by atoms with Crippen LogP contribution in [0.3, 0.4) is 0 Å². The van der Waals surface area contributed by atoms with Crippen molar-refractivity contribution >= 4 is 50.4 Å². The topological polar surface area (TPSA) is 129 Å². The second-order valence-electron chi connectivity index (χ2n) is 11.1. The first-order valence-electron chi connectivity index (χ1n) is 14.4. The van der Waals surface area contributed by atoms with E-state index in [0.717, 1.165) is 36.8 Å². The van der Waals surface area contributed by atoms with E-state index in [4.69, 9.17) is 0 Å². The molecule has 3 aliphatic rings. The van der Waals surface area contributed by atoms with Crippen molar-refractivity contribution in [2.75, 3.05) is 44.2 Å². The summed E-state index contributed by atoms with van der Waals surface area (Å²) in [6.07, 6.45) is 5.75. The molecule has 11 nitrogen and oxygen atoms in total. The molecule has 2 aromatic heterocycles. The molecule has 1 aliphatic carbocycles. The third-order valence-electron chi connectivity index (χ3n) is 8.59. The van der Waals surface area contributed by atoms with Gasteiger partial charge in [0.15, 0.2) is 0 Å². The summed E-state index contributed by atoms with van der Waals surface area (Å²) in [5, 5.41) is 3.03. The number of hydrogen-bond acceptors (Lipinski definition) is 9. The maximum atomic E-state index is 14.3. The minimum atomic E-state index is -4.01. The molecule has 1 aromatic carbocycles. The maximum absolute atomic E-state index is 14.3. The molecule has 0 unspecified atom stereocenters. The number of piperazine rings is 1. The fraction of sp³-hybridized carbons (Fsp3) is 0.536. The molecule has 218 valence electrons.